The summed E-state index contributed by atoms with van der Waals surface area (Å²) in [5, 5.41) is 0. The molecule has 76 valence electrons. The van der Waals surface area contributed by atoms with Crippen LogP contribution in [0.15, 0.2) is 18.3 Å². The number of pyridine rings is 1. The highest BCUT2D eigenvalue weighted by molar-refractivity contribution is 5.48. The summed E-state index contributed by atoms with van der Waals surface area (Å²) in [5.41, 5.74) is 6.75. The van der Waals surface area contributed by atoms with Crippen LogP contribution in [0.25, 0.3) is 0 Å². The Balaban J connectivity index is 2.10. The Labute approximate surface area is 84.9 Å². The second-order valence-electron chi connectivity index (χ2n) is 4.13. The zero-order valence-electron chi connectivity index (χ0n) is 8.61. The molecule has 1 atom stereocenters. The van der Waals surface area contributed by atoms with Crippen molar-refractivity contribution in [2.45, 2.75) is 19.8 Å². The Morgan fingerprint density at radius 1 is 1.50 bits per heavy atom. The minimum absolute atomic E-state index is 0.596. The van der Waals surface area contributed by atoms with Gasteiger partial charge in [0.15, 0.2) is 0 Å². The van der Waals surface area contributed by atoms with Gasteiger partial charge in [0.1, 0.15) is 5.82 Å². The Kier molecular flexibility index (Phi) is 2.57. The van der Waals surface area contributed by atoms with Crippen LogP contribution in [0.2, 0.25) is 0 Å². The van der Waals surface area contributed by atoms with Crippen LogP contribution in [-0.2, 0) is 0 Å². The van der Waals surface area contributed by atoms with E-state index in [1.165, 1.54) is 18.5 Å². The molecule has 1 aromatic heterocycles. The van der Waals surface area contributed by atoms with Gasteiger partial charge in [-0.15, -0.1) is 0 Å². The highest BCUT2D eigenvalue weighted by Crippen LogP contribution is 2.22. The van der Waals surface area contributed by atoms with Crippen LogP contribution >= 0.6 is 0 Å². The molecule has 1 aliphatic rings. The molecule has 0 bridgehead atoms. The second kappa shape index (κ2) is 3.86. The zero-order chi connectivity index (χ0) is 9.97. The van der Waals surface area contributed by atoms with Crippen molar-refractivity contribution < 1.29 is 0 Å². The molecule has 0 aromatic carbocycles. The summed E-state index contributed by atoms with van der Waals surface area (Å²) in [7, 11) is 0. The van der Waals surface area contributed by atoms with Crippen molar-refractivity contribution in [1.29, 1.82) is 0 Å². The van der Waals surface area contributed by atoms with Gasteiger partial charge in [0.25, 0.3) is 0 Å². The lowest BCUT2D eigenvalue weighted by atomic mass is 10.00. The molecule has 0 aliphatic carbocycles. The molecule has 3 nitrogen and oxygen atoms in total. The summed E-state index contributed by atoms with van der Waals surface area (Å²) in [5.74, 6) is 1.39. The third-order valence-corrected chi connectivity index (χ3v) is 2.79. The van der Waals surface area contributed by atoms with Crippen molar-refractivity contribution in [2.75, 3.05) is 23.7 Å². The van der Waals surface area contributed by atoms with E-state index < -0.39 is 0 Å². The van der Waals surface area contributed by atoms with Crippen LogP contribution in [0.3, 0.4) is 0 Å². The Morgan fingerprint density at radius 3 is 3.00 bits per heavy atom. The molecule has 0 amide bonds. The van der Waals surface area contributed by atoms with Crippen molar-refractivity contribution in [2.24, 2.45) is 5.92 Å². The average molecular weight is 191 g/mol. The van der Waals surface area contributed by atoms with Gasteiger partial charge in [-0.05, 0) is 30.9 Å². The van der Waals surface area contributed by atoms with E-state index in [-0.39, 0.29) is 0 Å². The molecule has 0 radical (unpaired) electrons. The third-order valence-electron chi connectivity index (χ3n) is 2.79. The van der Waals surface area contributed by atoms with Crippen LogP contribution in [0.4, 0.5) is 11.5 Å². The van der Waals surface area contributed by atoms with E-state index in [1.54, 1.807) is 0 Å². The first-order chi connectivity index (χ1) is 6.75. The molecule has 2 rings (SSSR count). The van der Waals surface area contributed by atoms with E-state index in [2.05, 4.69) is 22.9 Å². The van der Waals surface area contributed by atoms with Gasteiger partial charge in [-0.2, -0.15) is 0 Å². The molecule has 1 aliphatic heterocycles. The van der Waals surface area contributed by atoms with Crippen LogP contribution < -0.4 is 10.6 Å². The molecule has 3 heteroatoms. The van der Waals surface area contributed by atoms with E-state index in [9.17, 15) is 0 Å². The average Bonchev–Trinajstić information content (AvgIpc) is 2.19. The first-order valence-electron chi connectivity index (χ1n) is 5.22. The minimum atomic E-state index is 0.596. The third kappa shape index (κ3) is 1.97. The van der Waals surface area contributed by atoms with E-state index in [1.807, 2.05) is 12.3 Å². The number of nitrogens with two attached hydrogens (primary N) is 1. The Hall–Kier alpha value is -1.25. The fraction of sp³-hybridized carbons (Fsp3) is 0.545. The van der Waals surface area contributed by atoms with E-state index >= 15 is 0 Å². The molecular weight excluding hydrogens is 174 g/mol. The van der Waals surface area contributed by atoms with Gasteiger partial charge in [-0.25, -0.2) is 4.98 Å². The van der Waals surface area contributed by atoms with Crippen molar-refractivity contribution in [3.63, 3.8) is 0 Å². The molecule has 1 aromatic rings. The Morgan fingerprint density at radius 2 is 2.36 bits per heavy atom. The largest absolute Gasteiger partial charge is 0.384 e. The summed E-state index contributed by atoms with van der Waals surface area (Å²) < 4.78 is 0. The molecular formula is C11H17N3. The van der Waals surface area contributed by atoms with Crippen LogP contribution in [0.1, 0.15) is 19.8 Å². The standard InChI is InChI=1S/C11H17N3/c1-9-3-2-6-14(8-9)10-4-5-11(12)13-7-10/h4-5,7,9H,2-3,6,8H2,1H3,(H2,12,13)/t9-/m1/s1. The smallest absolute Gasteiger partial charge is 0.123 e. The maximum atomic E-state index is 5.55. The molecule has 2 N–H and O–H groups in total. The highest BCUT2D eigenvalue weighted by Gasteiger charge is 2.16. The van der Waals surface area contributed by atoms with Gasteiger partial charge < -0.3 is 10.6 Å². The fourth-order valence-corrected chi connectivity index (χ4v) is 2.01. The summed E-state index contributed by atoms with van der Waals surface area (Å²) in [6.45, 7) is 4.60. The second-order valence-corrected chi connectivity index (χ2v) is 4.13. The maximum Gasteiger partial charge on any atom is 0.123 e. The number of aromatic nitrogens is 1. The molecule has 0 spiro atoms. The molecule has 14 heavy (non-hydrogen) atoms. The van der Waals surface area contributed by atoms with Gasteiger partial charge in [0, 0.05) is 13.1 Å². The molecule has 0 unspecified atom stereocenters. The monoisotopic (exact) mass is 191 g/mol. The number of nitrogens with zero attached hydrogens (tertiary/aromatic N) is 2. The summed E-state index contributed by atoms with van der Waals surface area (Å²) in [4.78, 5) is 6.50. The van der Waals surface area contributed by atoms with Crippen molar-refractivity contribution in [3.8, 4) is 0 Å². The number of rotatable bonds is 1. The van der Waals surface area contributed by atoms with Gasteiger partial charge >= 0.3 is 0 Å². The van der Waals surface area contributed by atoms with Crippen molar-refractivity contribution in [1.82, 2.24) is 4.98 Å². The SMILES string of the molecule is C[C@@H]1CCCN(c2ccc(N)nc2)C1. The van der Waals surface area contributed by atoms with E-state index in [4.69, 9.17) is 5.73 Å². The first-order valence-corrected chi connectivity index (χ1v) is 5.22. The van der Waals surface area contributed by atoms with Crippen LogP contribution in [-0.4, -0.2) is 18.1 Å². The highest BCUT2D eigenvalue weighted by atomic mass is 15.1. The summed E-state index contributed by atoms with van der Waals surface area (Å²) >= 11 is 0. The van der Waals surface area contributed by atoms with E-state index in [0.29, 0.717) is 5.82 Å². The van der Waals surface area contributed by atoms with Crippen LogP contribution in [0, 0.1) is 5.92 Å². The van der Waals surface area contributed by atoms with Gasteiger partial charge in [0.2, 0.25) is 0 Å². The predicted octanol–water partition coefficient (Wildman–Crippen LogP) is 1.90. The zero-order valence-corrected chi connectivity index (χ0v) is 8.61. The lowest BCUT2D eigenvalue weighted by Gasteiger charge is -2.32. The normalized spacial score (nSPS) is 22.4. The fourth-order valence-electron chi connectivity index (χ4n) is 2.01. The lowest BCUT2D eigenvalue weighted by molar-refractivity contribution is 0.446. The first kappa shape index (κ1) is 9.31. The number of nitrogen functional groups attached to an aromatic ring is 1. The topological polar surface area (TPSA) is 42.1 Å². The number of anilines is 2. The Bertz CT molecular complexity index is 294. The molecule has 0 saturated carbocycles. The van der Waals surface area contributed by atoms with Crippen LogP contribution in [0.5, 0.6) is 0 Å². The number of piperidine rings is 1. The summed E-state index contributed by atoms with van der Waals surface area (Å²) in [6.07, 6.45) is 4.50. The maximum absolute atomic E-state index is 5.55. The van der Waals surface area contributed by atoms with Gasteiger partial charge in [-0.1, -0.05) is 6.92 Å². The van der Waals surface area contributed by atoms with Gasteiger partial charge in [0.05, 0.1) is 11.9 Å². The van der Waals surface area contributed by atoms with Crippen molar-refractivity contribution >= 4 is 11.5 Å². The van der Waals surface area contributed by atoms with E-state index in [0.717, 1.165) is 19.0 Å². The quantitative estimate of drug-likeness (QED) is 0.737. The lowest BCUT2D eigenvalue weighted by Crippen LogP contribution is -2.34. The molecule has 2 heterocycles. The molecule has 1 saturated heterocycles. The number of hydrogen-bond acceptors (Lipinski definition) is 3. The summed E-state index contributed by atoms with van der Waals surface area (Å²) in [6, 6.07) is 3.93. The number of hydrogen-bond donors (Lipinski definition) is 1. The molecule has 1 fully saturated rings. The van der Waals surface area contributed by atoms with Crippen molar-refractivity contribution in [3.05, 3.63) is 18.3 Å². The predicted molar refractivity (Wildman–Crippen MR) is 59.3 cm³/mol. The minimum Gasteiger partial charge on any atom is -0.384 e. The van der Waals surface area contributed by atoms with Gasteiger partial charge in [-0.3, -0.25) is 0 Å².